The van der Waals surface area contributed by atoms with E-state index in [1.807, 2.05) is 20.9 Å². The quantitative estimate of drug-likeness (QED) is 0.739. The van der Waals surface area contributed by atoms with E-state index in [1.54, 1.807) is 22.1 Å². The lowest BCUT2D eigenvalue weighted by atomic mass is 9.84. The van der Waals surface area contributed by atoms with Crippen LogP contribution in [0.15, 0.2) is 16.7 Å². The summed E-state index contributed by atoms with van der Waals surface area (Å²) >= 11 is 3.36. The molecule has 3 rings (SSSR count). The standard InChI is InChI=1S/C20H28BrN3O4/c1-12-9-24(13(2)11-25)20(27)16-7-15(21)8-22-18(16)28-17(12)10-23(3)19(26)14-5-4-6-14/h7-8,12-14,17,25H,4-6,9-11H2,1-3H3/t12-,13-,17+/m0/s1. The fourth-order valence-electron chi connectivity index (χ4n) is 3.62. The van der Waals surface area contributed by atoms with Gasteiger partial charge in [-0.2, -0.15) is 0 Å². The summed E-state index contributed by atoms with van der Waals surface area (Å²) in [5.41, 5.74) is 0.361. The Morgan fingerprint density at radius 3 is 2.82 bits per heavy atom. The molecular formula is C20H28BrN3O4. The first-order chi connectivity index (χ1) is 13.3. The number of hydrogen-bond donors (Lipinski definition) is 1. The third-order valence-electron chi connectivity index (χ3n) is 5.77. The van der Waals surface area contributed by atoms with Crippen LogP contribution in [0.4, 0.5) is 0 Å². The molecule has 1 aliphatic carbocycles. The SMILES string of the molecule is C[C@H]1CN([C@@H](C)CO)C(=O)c2cc(Br)cnc2O[C@@H]1CN(C)C(=O)C1CCC1. The molecule has 7 nitrogen and oxygen atoms in total. The van der Waals surface area contributed by atoms with E-state index < -0.39 is 0 Å². The Morgan fingerprint density at radius 1 is 1.50 bits per heavy atom. The summed E-state index contributed by atoms with van der Waals surface area (Å²) in [4.78, 5) is 33.4. The first-order valence-electron chi connectivity index (χ1n) is 9.80. The molecule has 1 aliphatic heterocycles. The Bertz CT molecular complexity index is 740. The van der Waals surface area contributed by atoms with Gasteiger partial charge in [-0.3, -0.25) is 9.59 Å². The van der Waals surface area contributed by atoms with Crippen molar-refractivity contribution in [1.82, 2.24) is 14.8 Å². The van der Waals surface area contributed by atoms with Crippen LogP contribution in [-0.2, 0) is 4.79 Å². The third-order valence-corrected chi connectivity index (χ3v) is 6.21. The zero-order valence-corrected chi connectivity index (χ0v) is 18.2. The number of pyridine rings is 1. The number of aliphatic hydroxyl groups is 1. The van der Waals surface area contributed by atoms with E-state index in [-0.39, 0.29) is 48.3 Å². The Hall–Kier alpha value is -1.67. The molecule has 2 heterocycles. The normalized spacial score (nSPS) is 23.8. The fraction of sp³-hybridized carbons (Fsp3) is 0.650. The van der Waals surface area contributed by atoms with Crippen molar-refractivity contribution in [3.63, 3.8) is 0 Å². The van der Waals surface area contributed by atoms with Crippen LogP contribution in [0.5, 0.6) is 5.88 Å². The molecular weight excluding hydrogens is 426 g/mol. The number of hydrogen-bond acceptors (Lipinski definition) is 5. The van der Waals surface area contributed by atoms with E-state index in [9.17, 15) is 14.7 Å². The molecule has 0 bridgehead atoms. The van der Waals surface area contributed by atoms with Gasteiger partial charge in [0, 0.05) is 36.1 Å². The van der Waals surface area contributed by atoms with Crippen LogP contribution in [0.2, 0.25) is 0 Å². The van der Waals surface area contributed by atoms with Crippen molar-refractivity contribution in [2.75, 3.05) is 26.7 Å². The topological polar surface area (TPSA) is 83.0 Å². The van der Waals surface area contributed by atoms with Gasteiger partial charge >= 0.3 is 0 Å². The maximum absolute atomic E-state index is 13.1. The minimum Gasteiger partial charge on any atom is -0.472 e. The Labute approximate surface area is 174 Å². The minimum absolute atomic E-state index is 0.0341. The Kier molecular flexibility index (Phi) is 6.60. The van der Waals surface area contributed by atoms with Crippen LogP contribution >= 0.6 is 15.9 Å². The number of carbonyl (C=O) groups is 2. The second-order valence-electron chi connectivity index (χ2n) is 7.98. The summed E-state index contributed by atoms with van der Waals surface area (Å²) in [5, 5.41) is 9.63. The van der Waals surface area contributed by atoms with Crippen molar-refractivity contribution >= 4 is 27.7 Å². The van der Waals surface area contributed by atoms with Crippen molar-refractivity contribution in [3.05, 3.63) is 22.3 Å². The van der Waals surface area contributed by atoms with Gasteiger partial charge < -0.3 is 19.6 Å². The molecule has 0 saturated heterocycles. The molecule has 1 aromatic rings. The number of amides is 2. The lowest BCUT2D eigenvalue weighted by Crippen LogP contribution is -2.51. The van der Waals surface area contributed by atoms with Gasteiger partial charge in [0.2, 0.25) is 11.8 Å². The minimum atomic E-state index is -0.324. The van der Waals surface area contributed by atoms with E-state index in [0.717, 1.165) is 19.3 Å². The molecule has 2 aliphatic rings. The van der Waals surface area contributed by atoms with E-state index >= 15 is 0 Å². The van der Waals surface area contributed by atoms with Crippen LogP contribution in [0.1, 0.15) is 43.5 Å². The molecule has 3 atom stereocenters. The molecule has 2 amide bonds. The lowest BCUT2D eigenvalue weighted by molar-refractivity contribution is -0.138. The lowest BCUT2D eigenvalue weighted by Gasteiger charge is -2.38. The van der Waals surface area contributed by atoms with Gasteiger partial charge in [-0.1, -0.05) is 13.3 Å². The third kappa shape index (κ3) is 4.33. The predicted octanol–water partition coefficient (Wildman–Crippen LogP) is 2.32. The van der Waals surface area contributed by atoms with Gasteiger partial charge in [-0.25, -0.2) is 4.98 Å². The zero-order chi connectivity index (χ0) is 20.4. The molecule has 0 aromatic carbocycles. The van der Waals surface area contributed by atoms with Crippen LogP contribution in [0, 0.1) is 11.8 Å². The average Bonchev–Trinajstić information content (AvgIpc) is 2.63. The highest BCUT2D eigenvalue weighted by atomic mass is 79.9. The van der Waals surface area contributed by atoms with Crippen molar-refractivity contribution in [3.8, 4) is 5.88 Å². The molecule has 1 aromatic heterocycles. The van der Waals surface area contributed by atoms with Gasteiger partial charge in [-0.15, -0.1) is 0 Å². The van der Waals surface area contributed by atoms with Crippen molar-refractivity contribution in [2.24, 2.45) is 11.8 Å². The first-order valence-corrected chi connectivity index (χ1v) is 10.6. The van der Waals surface area contributed by atoms with E-state index in [1.165, 1.54) is 0 Å². The monoisotopic (exact) mass is 453 g/mol. The number of rotatable bonds is 5. The van der Waals surface area contributed by atoms with Gasteiger partial charge in [0.15, 0.2) is 0 Å². The maximum Gasteiger partial charge on any atom is 0.259 e. The number of ether oxygens (including phenoxy) is 1. The molecule has 0 radical (unpaired) electrons. The molecule has 8 heteroatoms. The second kappa shape index (κ2) is 8.78. The highest BCUT2D eigenvalue weighted by Gasteiger charge is 2.36. The van der Waals surface area contributed by atoms with Crippen LogP contribution in [0.3, 0.4) is 0 Å². The number of nitrogens with zero attached hydrogens (tertiary/aromatic N) is 3. The summed E-state index contributed by atoms with van der Waals surface area (Å²) < 4.78 is 6.84. The Morgan fingerprint density at radius 2 is 2.21 bits per heavy atom. The molecule has 154 valence electrons. The van der Waals surface area contributed by atoms with Gasteiger partial charge in [0.1, 0.15) is 11.7 Å². The number of likely N-dealkylation sites (N-methyl/N-ethyl adjacent to an activating group) is 1. The van der Waals surface area contributed by atoms with Crippen molar-refractivity contribution in [2.45, 2.75) is 45.3 Å². The first kappa shape index (κ1) is 21.0. The van der Waals surface area contributed by atoms with E-state index in [0.29, 0.717) is 23.1 Å². The smallest absolute Gasteiger partial charge is 0.259 e. The molecule has 1 fully saturated rings. The summed E-state index contributed by atoms with van der Waals surface area (Å²) in [6, 6.07) is 1.37. The molecule has 28 heavy (non-hydrogen) atoms. The molecule has 0 unspecified atom stereocenters. The van der Waals surface area contributed by atoms with Crippen LogP contribution < -0.4 is 4.74 Å². The molecule has 1 N–H and O–H groups in total. The highest BCUT2D eigenvalue weighted by Crippen LogP contribution is 2.30. The van der Waals surface area contributed by atoms with Gasteiger partial charge in [0.05, 0.1) is 19.2 Å². The van der Waals surface area contributed by atoms with Crippen LogP contribution in [0.25, 0.3) is 0 Å². The summed E-state index contributed by atoms with van der Waals surface area (Å²) in [6.45, 7) is 4.56. The van der Waals surface area contributed by atoms with E-state index in [2.05, 4.69) is 20.9 Å². The summed E-state index contributed by atoms with van der Waals surface area (Å²) in [5.74, 6) is 0.305. The average molecular weight is 454 g/mol. The number of aliphatic hydroxyl groups excluding tert-OH is 1. The number of halogens is 1. The summed E-state index contributed by atoms with van der Waals surface area (Å²) in [7, 11) is 1.81. The van der Waals surface area contributed by atoms with Crippen molar-refractivity contribution in [1.29, 1.82) is 0 Å². The predicted molar refractivity (Wildman–Crippen MR) is 108 cm³/mol. The zero-order valence-electron chi connectivity index (χ0n) is 16.6. The maximum atomic E-state index is 13.1. The number of fused-ring (bicyclic) bond motifs is 1. The van der Waals surface area contributed by atoms with Gasteiger partial charge in [0.25, 0.3) is 5.91 Å². The highest BCUT2D eigenvalue weighted by molar-refractivity contribution is 9.10. The molecule has 1 saturated carbocycles. The fourth-order valence-corrected chi connectivity index (χ4v) is 3.95. The van der Waals surface area contributed by atoms with Crippen LogP contribution in [-0.4, -0.2) is 70.6 Å². The number of aromatic nitrogens is 1. The van der Waals surface area contributed by atoms with E-state index in [4.69, 9.17) is 4.74 Å². The van der Waals surface area contributed by atoms with Gasteiger partial charge in [-0.05, 0) is 41.8 Å². The number of carbonyl (C=O) groups excluding carboxylic acids is 2. The summed E-state index contributed by atoms with van der Waals surface area (Å²) in [6.07, 6.45) is 4.32. The largest absolute Gasteiger partial charge is 0.472 e. The second-order valence-corrected chi connectivity index (χ2v) is 8.89. The molecule has 0 spiro atoms. The Balaban J connectivity index is 1.87. The van der Waals surface area contributed by atoms with Crippen molar-refractivity contribution < 1.29 is 19.4 Å².